The highest BCUT2D eigenvalue weighted by atomic mass is 19.1. The number of nitrogens with zero attached hydrogens (tertiary/aromatic N) is 3. The normalized spacial score (nSPS) is 17.3. The topological polar surface area (TPSA) is 72.0 Å². The van der Waals surface area contributed by atoms with E-state index in [9.17, 15) is 14.0 Å². The molecule has 238 valence electrons. The van der Waals surface area contributed by atoms with Crippen LogP contribution in [0.25, 0.3) is 11.1 Å². The standard InChI is InChI=1S/C37H44FN3O4/c1-4-6-32-31(37(43)44-3)22-30-33(39-32)15-18-41(36(30)42)28-13-16-40(17-14-28)23-24-20-29(25-7-8-25)35(34(21-24)45-19-5-2)26-9-11-27(38)12-10-26/h9-12,20-22,25,28H,4-8,13-19,23H2,1-3H3. The summed E-state index contributed by atoms with van der Waals surface area (Å²) >= 11 is 0. The van der Waals surface area contributed by atoms with Gasteiger partial charge in [-0.15, -0.1) is 0 Å². The highest BCUT2D eigenvalue weighted by Gasteiger charge is 2.35. The second-order valence-electron chi connectivity index (χ2n) is 12.7. The number of esters is 1. The Balaban J connectivity index is 1.16. The van der Waals surface area contributed by atoms with Gasteiger partial charge < -0.3 is 14.4 Å². The molecule has 3 aromatic rings. The van der Waals surface area contributed by atoms with Crippen molar-refractivity contribution in [3.8, 4) is 16.9 Å². The average molecular weight is 614 g/mol. The number of aromatic nitrogens is 1. The first-order valence-corrected chi connectivity index (χ1v) is 16.6. The lowest BCUT2D eigenvalue weighted by atomic mass is 9.92. The maximum atomic E-state index is 13.8. The molecule has 2 aliphatic heterocycles. The van der Waals surface area contributed by atoms with E-state index < -0.39 is 5.97 Å². The molecule has 6 rings (SSSR count). The van der Waals surface area contributed by atoms with Crippen molar-refractivity contribution in [2.45, 2.75) is 83.7 Å². The van der Waals surface area contributed by atoms with E-state index in [2.05, 4.69) is 30.9 Å². The van der Waals surface area contributed by atoms with E-state index in [1.54, 1.807) is 6.07 Å². The van der Waals surface area contributed by atoms with Gasteiger partial charge in [0.05, 0.1) is 36.2 Å². The van der Waals surface area contributed by atoms with Crippen LogP contribution in [-0.2, 0) is 24.1 Å². The first-order chi connectivity index (χ1) is 21.9. The number of benzene rings is 2. The first kappa shape index (κ1) is 31.2. The first-order valence-electron chi connectivity index (χ1n) is 16.6. The Morgan fingerprint density at radius 1 is 1.00 bits per heavy atom. The number of halogens is 1. The number of carbonyl (C=O) groups is 2. The number of likely N-dealkylation sites (tertiary alicyclic amines) is 1. The number of ether oxygens (including phenoxy) is 2. The van der Waals surface area contributed by atoms with E-state index in [4.69, 9.17) is 14.5 Å². The van der Waals surface area contributed by atoms with Crippen LogP contribution < -0.4 is 4.74 Å². The second-order valence-corrected chi connectivity index (χ2v) is 12.7. The summed E-state index contributed by atoms with van der Waals surface area (Å²) in [5, 5.41) is 0. The largest absolute Gasteiger partial charge is 0.493 e. The summed E-state index contributed by atoms with van der Waals surface area (Å²) in [7, 11) is 1.37. The Morgan fingerprint density at radius 3 is 2.42 bits per heavy atom. The Labute approximate surface area is 265 Å². The molecule has 2 aromatic carbocycles. The molecule has 1 aliphatic carbocycles. The van der Waals surface area contributed by atoms with Crippen LogP contribution in [0.4, 0.5) is 4.39 Å². The van der Waals surface area contributed by atoms with Crippen LogP contribution in [0.3, 0.4) is 0 Å². The number of carbonyl (C=O) groups excluding carboxylic acids is 2. The number of fused-ring (bicyclic) bond motifs is 1. The molecule has 1 saturated carbocycles. The molecule has 0 spiro atoms. The van der Waals surface area contributed by atoms with Crippen molar-refractivity contribution >= 4 is 11.9 Å². The third kappa shape index (κ3) is 6.76. The number of piperidine rings is 1. The van der Waals surface area contributed by atoms with Gasteiger partial charge in [0.1, 0.15) is 11.6 Å². The quantitative estimate of drug-likeness (QED) is 0.218. The lowest BCUT2D eigenvalue weighted by molar-refractivity contribution is 0.0543. The number of hydrogen-bond donors (Lipinski definition) is 0. The predicted molar refractivity (Wildman–Crippen MR) is 172 cm³/mol. The second kappa shape index (κ2) is 13.7. The Kier molecular flexibility index (Phi) is 9.50. The SMILES string of the molecule is CCCOc1cc(CN2CCC(N3CCc4nc(CCC)c(C(=O)OC)cc4C3=O)CC2)cc(C2CC2)c1-c1ccc(F)cc1. The van der Waals surface area contributed by atoms with Gasteiger partial charge >= 0.3 is 5.97 Å². The van der Waals surface area contributed by atoms with Gasteiger partial charge in [-0.05, 0) is 85.4 Å². The van der Waals surface area contributed by atoms with Crippen molar-refractivity contribution in [3.63, 3.8) is 0 Å². The zero-order chi connectivity index (χ0) is 31.5. The van der Waals surface area contributed by atoms with Gasteiger partial charge in [-0.1, -0.05) is 38.5 Å². The predicted octanol–water partition coefficient (Wildman–Crippen LogP) is 6.96. The number of amides is 1. The highest BCUT2D eigenvalue weighted by molar-refractivity contribution is 6.00. The van der Waals surface area contributed by atoms with Gasteiger partial charge in [0.25, 0.3) is 5.91 Å². The maximum absolute atomic E-state index is 13.8. The fourth-order valence-electron chi connectivity index (χ4n) is 6.92. The van der Waals surface area contributed by atoms with E-state index in [0.29, 0.717) is 43.0 Å². The van der Waals surface area contributed by atoms with Crippen LogP contribution in [0.15, 0.2) is 42.5 Å². The molecular weight excluding hydrogens is 569 g/mol. The van der Waals surface area contributed by atoms with E-state index in [1.165, 1.54) is 43.2 Å². The number of methoxy groups -OCH3 is 1. The van der Waals surface area contributed by atoms with E-state index in [-0.39, 0.29) is 17.8 Å². The zero-order valence-corrected chi connectivity index (χ0v) is 26.7. The van der Waals surface area contributed by atoms with Crippen LogP contribution in [0.2, 0.25) is 0 Å². The summed E-state index contributed by atoms with van der Waals surface area (Å²) < 4.78 is 25.1. The van der Waals surface area contributed by atoms with Gasteiger partial charge in [-0.3, -0.25) is 14.7 Å². The zero-order valence-electron chi connectivity index (χ0n) is 26.7. The number of pyridine rings is 1. The smallest absolute Gasteiger partial charge is 0.339 e. The van der Waals surface area contributed by atoms with Gasteiger partial charge in [-0.2, -0.15) is 0 Å². The fraction of sp³-hybridized carbons (Fsp3) is 0.486. The minimum absolute atomic E-state index is 0.0291. The molecule has 1 saturated heterocycles. The number of hydrogen-bond acceptors (Lipinski definition) is 6. The molecule has 3 aliphatic rings. The molecule has 1 aromatic heterocycles. The lowest BCUT2D eigenvalue weighted by Gasteiger charge is -2.40. The summed E-state index contributed by atoms with van der Waals surface area (Å²) in [5.74, 6) is 0.698. The van der Waals surface area contributed by atoms with E-state index >= 15 is 0 Å². The Bertz CT molecular complexity index is 1540. The van der Waals surface area contributed by atoms with Crippen molar-refractivity contribution in [1.82, 2.24) is 14.8 Å². The molecule has 3 heterocycles. The van der Waals surface area contributed by atoms with E-state index in [0.717, 1.165) is 73.6 Å². The minimum atomic E-state index is -0.439. The summed E-state index contributed by atoms with van der Waals surface area (Å²) in [4.78, 5) is 35.4. The molecule has 0 N–H and O–H groups in total. The molecule has 45 heavy (non-hydrogen) atoms. The summed E-state index contributed by atoms with van der Waals surface area (Å²) in [5.41, 5.74) is 7.10. The molecular formula is C37H44FN3O4. The van der Waals surface area contributed by atoms with Crippen molar-refractivity contribution in [3.05, 3.63) is 81.9 Å². The van der Waals surface area contributed by atoms with Gasteiger partial charge in [0.15, 0.2) is 0 Å². The van der Waals surface area contributed by atoms with Crippen molar-refractivity contribution in [1.29, 1.82) is 0 Å². The van der Waals surface area contributed by atoms with E-state index in [1.807, 2.05) is 17.0 Å². The molecule has 0 unspecified atom stereocenters. The van der Waals surface area contributed by atoms with Crippen molar-refractivity contribution in [2.24, 2.45) is 0 Å². The summed E-state index contributed by atoms with van der Waals surface area (Å²) in [6.45, 7) is 8.06. The van der Waals surface area contributed by atoms with Crippen LogP contribution in [0.1, 0.15) is 102 Å². The average Bonchev–Trinajstić information content (AvgIpc) is 3.90. The van der Waals surface area contributed by atoms with Gasteiger partial charge in [0, 0.05) is 44.2 Å². The molecule has 0 atom stereocenters. The highest BCUT2D eigenvalue weighted by Crippen LogP contribution is 2.48. The lowest BCUT2D eigenvalue weighted by Crippen LogP contribution is -2.50. The molecule has 8 heteroatoms. The third-order valence-corrected chi connectivity index (χ3v) is 9.36. The fourth-order valence-corrected chi connectivity index (χ4v) is 6.92. The number of aryl methyl sites for hydroxylation is 1. The molecule has 1 amide bonds. The van der Waals surface area contributed by atoms with Crippen LogP contribution in [-0.4, -0.2) is 66.1 Å². The summed E-state index contributed by atoms with van der Waals surface area (Å²) in [6.07, 6.45) is 7.28. The van der Waals surface area contributed by atoms with Crippen LogP contribution in [0, 0.1) is 5.82 Å². The van der Waals surface area contributed by atoms with Crippen LogP contribution in [0.5, 0.6) is 5.75 Å². The van der Waals surface area contributed by atoms with Crippen molar-refractivity contribution in [2.75, 3.05) is 33.4 Å². The Hall–Kier alpha value is -3.78. The monoisotopic (exact) mass is 613 g/mol. The van der Waals surface area contributed by atoms with Gasteiger partial charge in [-0.25, -0.2) is 9.18 Å². The Morgan fingerprint density at radius 2 is 1.76 bits per heavy atom. The molecule has 0 radical (unpaired) electrons. The minimum Gasteiger partial charge on any atom is -0.493 e. The maximum Gasteiger partial charge on any atom is 0.339 e. The third-order valence-electron chi connectivity index (χ3n) is 9.36. The molecule has 7 nitrogen and oxygen atoms in total. The summed E-state index contributed by atoms with van der Waals surface area (Å²) in [6, 6.07) is 13.2. The number of rotatable bonds is 11. The van der Waals surface area contributed by atoms with Gasteiger partial charge in [0.2, 0.25) is 0 Å². The van der Waals surface area contributed by atoms with Crippen molar-refractivity contribution < 1.29 is 23.5 Å². The molecule has 2 fully saturated rings. The molecule has 0 bridgehead atoms. The van der Waals surface area contributed by atoms with Crippen LogP contribution >= 0.6 is 0 Å².